The van der Waals surface area contributed by atoms with Crippen molar-refractivity contribution in [3.8, 4) is 0 Å². The molecule has 0 saturated carbocycles. The summed E-state index contributed by atoms with van der Waals surface area (Å²) in [6.07, 6.45) is 2.67. The van der Waals surface area contributed by atoms with Crippen molar-refractivity contribution in [2.45, 2.75) is 25.5 Å². The van der Waals surface area contributed by atoms with Crippen LogP contribution in [0.15, 0.2) is 18.2 Å². The molecule has 0 amide bonds. The Morgan fingerprint density at radius 2 is 2.35 bits per heavy atom. The van der Waals surface area contributed by atoms with E-state index in [2.05, 4.69) is 11.9 Å². The molecule has 4 heteroatoms. The fraction of sp³-hybridized carbons (Fsp3) is 0.538. The molecule has 17 heavy (non-hydrogen) atoms. The van der Waals surface area contributed by atoms with Gasteiger partial charge in [0.15, 0.2) is 0 Å². The van der Waals surface area contributed by atoms with E-state index in [9.17, 15) is 0 Å². The Bertz CT molecular complexity index is 378. The van der Waals surface area contributed by atoms with Gasteiger partial charge in [-0.3, -0.25) is 0 Å². The minimum Gasteiger partial charge on any atom is -0.376 e. The molecule has 2 rings (SSSR count). The van der Waals surface area contributed by atoms with Crippen molar-refractivity contribution in [1.29, 1.82) is 0 Å². The zero-order valence-electron chi connectivity index (χ0n) is 10.2. The number of ether oxygens (including phenoxy) is 1. The normalized spacial score (nSPS) is 19.6. The fourth-order valence-electron chi connectivity index (χ4n) is 2.28. The van der Waals surface area contributed by atoms with Crippen LogP contribution in [-0.2, 0) is 11.3 Å². The second kappa shape index (κ2) is 5.71. The molecule has 0 radical (unpaired) electrons. The summed E-state index contributed by atoms with van der Waals surface area (Å²) in [5.74, 6) is 0. The van der Waals surface area contributed by atoms with Gasteiger partial charge in [-0.05, 0) is 36.6 Å². The molecule has 1 aliphatic heterocycles. The van der Waals surface area contributed by atoms with E-state index in [4.69, 9.17) is 22.1 Å². The van der Waals surface area contributed by atoms with Crippen LogP contribution in [0.1, 0.15) is 18.4 Å². The molecule has 1 heterocycles. The Balaban J connectivity index is 2.09. The van der Waals surface area contributed by atoms with Gasteiger partial charge in [-0.1, -0.05) is 11.6 Å². The van der Waals surface area contributed by atoms with E-state index in [1.807, 2.05) is 18.2 Å². The van der Waals surface area contributed by atoms with Crippen LogP contribution in [0.25, 0.3) is 0 Å². The summed E-state index contributed by atoms with van der Waals surface area (Å²) in [7, 11) is 2.07. The van der Waals surface area contributed by atoms with Gasteiger partial charge in [-0.25, -0.2) is 0 Å². The summed E-state index contributed by atoms with van der Waals surface area (Å²) < 4.78 is 5.64. The smallest absolute Gasteiger partial charge is 0.0750 e. The van der Waals surface area contributed by atoms with E-state index >= 15 is 0 Å². The van der Waals surface area contributed by atoms with Gasteiger partial charge in [0.1, 0.15) is 0 Å². The Morgan fingerprint density at radius 1 is 1.53 bits per heavy atom. The van der Waals surface area contributed by atoms with Crippen molar-refractivity contribution in [2.24, 2.45) is 5.73 Å². The maximum absolute atomic E-state index is 5.97. The molecule has 1 saturated heterocycles. The average Bonchev–Trinajstić information content (AvgIpc) is 2.81. The van der Waals surface area contributed by atoms with Gasteiger partial charge < -0.3 is 15.4 Å². The van der Waals surface area contributed by atoms with E-state index in [0.29, 0.717) is 12.6 Å². The summed E-state index contributed by atoms with van der Waals surface area (Å²) in [6, 6.07) is 5.87. The maximum Gasteiger partial charge on any atom is 0.0750 e. The third-order valence-corrected chi connectivity index (χ3v) is 3.41. The highest BCUT2D eigenvalue weighted by Gasteiger charge is 2.18. The lowest BCUT2D eigenvalue weighted by Gasteiger charge is -2.25. The predicted molar refractivity (Wildman–Crippen MR) is 71.6 cm³/mol. The van der Waals surface area contributed by atoms with E-state index in [1.54, 1.807) is 0 Å². The van der Waals surface area contributed by atoms with Crippen molar-refractivity contribution in [3.05, 3.63) is 28.8 Å². The molecule has 0 aliphatic carbocycles. The van der Waals surface area contributed by atoms with Gasteiger partial charge in [-0.15, -0.1) is 0 Å². The largest absolute Gasteiger partial charge is 0.376 e. The second-order valence-electron chi connectivity index (χ2n) is 4.49. The van der Waals surface area contributed by atoms with Gasteiger partial charge in [0.25, 0.3) is 0 Å². The van der Waals surface area contributed by atoms with E-state index in [1.165, 1.54) is 6.42 Å². The minimum atomic E-state index is 0.348. The highest BCUT2D eigenvalue weighted by atomic mass is 35.5. The van der Waals surface area contributed by atoms with Crippen molar-refractivity contribution in [2.75, 3.05) is 25.1 Å². The number of likely N-dealkylation sites (N-methyl/N-ethyl adjacent to an activating group) is 1. The van der Waals surface area contributed by atoms with Crippen LogP contribution < -0.4 is 10.6 Å². The molecule has 0 bridgehead atoms. The maximum atomic E-state index is 5.97. The molecule has 1 aromatic carbocycles. The minimum absolute atomic E-state index is 0.348. The summed E-state index contributed by atoms with van der Waals surface area (Å²) in [4.78, 5) is 2.20. The number of hydrogen-bond acceptors (Lipinski definition) is 3. The van der Waals surface area contributed by atoms with Crippen LogP contribution in [0.2, 0.25) is 5.02 Å². The zero-order chi connectivity index (χ0) is 12.3. The number of halogens is 1. The lowest BCUT2D eigenvalue weighted by Crippen LogP contribution is -2.29. The highest BCUT2D eigenvalue weighted by Crippen LogP contribution is 2.24. The number of nitrogens with zero attached hydrogens (tertiary/aromatic N) is 1. The van der Waals surface area contributed by atoms with E-state index in [-0.39, 0.29) is 0 Å². The summed E-state index contributed by atoms with van der Waals surface area (Å²) in [6.45, 7) is 2.31. The van der Waals surface area contributed by atoms with Crippen LogP contribution >= 0.6 is 11.6 Å². The predicted octanol–water partition coefficient (Wildman–Crippen LogP) is 2.41. The Morgan fingerprint density at radius 3 is 3.00 bits per heavy atom. The van der Waals surface area contributed by atoms with Gasteiger partial charge >= 0.3 is 0 Å². The quantitative estimate of drug-likeness (QED) is 0.897. The van der Waals surface area contributed by atoms with Gasteiger partial charge in [0.2, 0.25) is 0 Å². The monoisotopic (exact) mass is 254 g/mol. The lowest BCUT2D eigenvalue weighted by molar-refractivity contribution is 0.116. The standard InChI is InChI=1S/C13H19ClN2O/c1-16(9-12-3-2-6-17-12)13-5-4-11(14)7-10(13)8-15/h4-5,7,12H,2-3,6,8-9,15H2,1H3. The van der Waals surface area contributed by atoms with Crippen molar-refractivity contribution in [1.82, 2.24) is 0 Å². The molecule has 94 valence electrons. The summed E-state index contributed by atoms with van der Waals surface area (Å²) in [5, 5.41) is 0.736. The van der Waals surface area contributed by atoms with E-state index < -0.39 is 0 Å². The molecular weight excluding hydrogens is 236 g/mol. The van der Waals surface area contributed by atoms with Crippen LogP contribution in [-0.4, -0.2) is 26.3 Å². The molecule has 3 nitrogen and oxygen atoms in total. The second-order valence-corrected chi connectivity index (χ2v) is 4.93. The molecule has 0 spiro atoms. The Kier molecular flexibility index (Phi) is 4.26. The van der Waals surface area contributed by atoms with Crippen molar-refractivity contribution >= 4 is 17.3 Å². The first-order valence-corrected chi connectivity index (χ1v) is 6.39. The number of hydrogen-bond donors (Lipinski definition) is 1. The lowest BCUT2D eigenvalue weighted by atomic mass is 10.1. The molecule has 0 aromatic heterocycles. The fourth-order valence-corrected chi connectivity index (χ4v) is 2.48. The third-order valence-electron chi connectivity index (χ3n) is 3.17. The molecule has 1 unspecified atom stereocenters. The number of anilines is 1. The number of benzene rings is 1. The third kappa shape index (κ3) is 3.12. The van der Waals surface area contributed by atoms with Crippen molar-refractivity contribution in [3.63, 3.8) is 0 Å². The van der Waals surface area contributed by atoms with Gasteiger partial charge in [-0.2, -0.15) is 0 Å². The molecule has 2 N–H and O–H groups in total. The first-order chi connectivity index (χ1) is 8.20. The number of nitrogens with two attached hydrogens (primary N) is 1. The van der Waals surface area contributed by atoms with E-state index in [0.717, 1.165) is 35.8 Å². The molecule has 1 aliphatic rings. The highest BCUT2D eigenvalue weighted by molar-refractivity contribution is 6.30. The molecule has 1 atom stereocenters. The topological polar surface area (TPSA) is 38.5 Å². The SMILES string of the molecule is CN(CC1CCCO1)c1ccc(Cl)cc1CN. The first-order valence-electron chi connectivity index (χ1n) is 6.02. The first kappa shape index (κ1) is 12.7. The Hall–Kier alpha value is -0.770. The van der Waals surface area contributed by atoms with Crippen LogP contribution in [0, 0.1) is 0 Å². The van der Waals surface area contributed by atoms with Crippen LogP contribution in [0.5, 0.6) is 0 Å². The molecular formula is C13H19ClN2O. The zero-order valence-corrected chi connectivity index (χ0v) is 10.9. The summed E-state index contributed by atoms with van der Waals surface area (Å²) >= 11 is 5.97. The molecule has 1 fully saturated rings. The number of rotatable bonds is 4. The van der Waals surface area contributed by atoms with Gasteiger partial charge in [0, 0.05) is 37.5 Å². The Labute approximate surface area is 107 Å². The molecule has 1 aromatic rings. The van der Waals surface area contributed by atoms with Crippen LogP contribution in [0.4, 0.5) is 5.69 Å². The summed E-state index contributed by atoms with van der Waals surface area (Å²) in [5.41, 5.74) is 7.98. The van der Waals surface area contributed by atoms with Crippen LogP contribution in [0.3, 0.4) is 0 Å². The average molecular weight is 255 g/mol. The van der Waals surface area contributed by atoms with Gasteiger partial charge in [0.05, 0.1) is 6.10 Å². The van der Waals surface area contributed by atoms with Crippen molar-refractivity contribution < 1.29 is 4.74 Å².